The monoisotopic (exact) mass is 310 g/mol. The van der Waals surface area contributed by atoms with E-state index in [1.165, 1.54) is 6.20 Å². The van der Waals surface area contributed by atoms with E-state index in [1.54, 1.807) is 0 Å². The van der Waals surface area contributed by atoms with Crippen LogP contribution >= 0.6 is 11.3 Å². The number of thiazole rings is 1. The average Bonchev–Trinajstić information content (AvgIpc) is 2.76. The minimum absolute atomic E-state index is 0.261. The van der Waals surface area contributed by atoms with Crippen molar-refractivity contribution >= 4 is 11.3 Å². The molecule has 1 unspecified atom stereocenters. The molecule has 0 aliphatic carbocycles. The lowest BCUT2D eigenvalue weighted by Crippen LogP contribution is -2.30. The molecule has 1 N–H and O–H groups in total. The maximum atomic E-state index is 12.6. The van der Waals surface area contributed by atoms with Crippen molar-refractivity contribution in [2.45, 2.75) is 51.9 Å². The first kappa shape index (κ1) is 17.4. The Labute approximate surface area is 121 Å². The Balaban J connectivity index is 2.79. The van der Waals surface area contributed by atoms with E-state index < -0.39 is 11.2 Å². The van der Waals surface area contributed by atoms with Gasteiger partial charge in [-0.05, 0) is 33.7 Å². The van der Waals surface area contributed by atoms with Crippen LogP contribution < -0.4 is 5.32 Å². The molecule has 1 aromatic rings. The summed E-state index contributed by atoms with van der Waals surface area (Å²) in [6.45, 7) is 8.79. The number of nitrogens with zero attached hydrogens (tertiary/aromatic N) is 1. The number of hydrogen-bond donors (Lipinski definition) is 1. The van der Waals surface area contributed by atoms with Crippen LogP contribution in [0.3, 0.4) is 0 Å². The van der Waals surface area contributed by atoms with E-state index >= 15 is 0 Å². The number of alkyl halides is 3. The van der Waals surface area contributed by atoms with Gasteiger partial charge in [-0.15, -0.1) is 11.3 Å². The summed E-state index contributed by atoms with van der Waals surface area (Å²) in [6.07, 6.45) is -2.20. The fourth-order valence-corrected chi connectivity index (χ4v) is 2.32. The predicted molar refractivity (Wildman–Crippen MR) is 73.9 cm³/mol. The van der Waals surface area contributed by atoms with Crippen molar-refractivity contribution in [3.05, 3.63) is 16.1 Å². The molecule has 0 aliphatic heterocycles. The molecule has 0 saturated heterocycles. The third-order valence-electron chi connectivity index (χ3n) is 2.43. The normalized spacial score (nSPS) is 14.6. The summed E-state index contributed by atoms with van der Waals surface area (Å²) >= 11 is 0.670. The Bertz CT molecular complexity index is 412. The van der Waals surface area contributed by atoms with Crippen LogP contribution in [0.15, 0.2) is 6.20 Å². The lowest BCUT2D eigenvalue weighted by molar-refractivity contribution is -0.137. The van der Waals surface area contributed by atoms with Crippen molar-refractivity contribution < 1.29 is 17.9 Å². The van der Waals surface area contributed by atoms with Crippen molar-refractivity contribution in [2.75, 3.05) is 13.2 Å². The Kier molecular flexibility index (Phi) is 5.97. The van der Waals surface area contributed by atoms with Gasteiger partial charge in [0.2, 0.25) is 0 Å². The molecule has 1 atom stereocenters. The quantitative estimate of drug-likeness (QED) is 0.862. The second-order valence-corrected chi connectivity index (χ2v) is 6.56. The molecule has 20 heavy (non-hydrogen) atoms. The zero-order valence-corrected chi connectivity index (χ0v) is 13.0. The molecule has 0 amide bonds. The zero-order valence-electron chi connectivity index (χ0n) is 12.2. The molecular weight excluding hydrogens is 289 g/mol. The topological polar surface area (TPSA) is 34.1 Å². The fourth-order valence-electron chi connectivity index (χ4n) is 1.47. The number of aromatic nitrogens is 1. The number of rotatable bonds is 6. The van der Waals surface area contributed by atoms with E-state index in [9.17, 15) is 13.2 Å². The highest BCUT2D eigenvalue weighted by Gasteiger charge is 2.35. The van der Waals surface area contributed by atoms with Gasteiger partial charge < -0.3 is 10.1 Å². The average molecular weight is 310 g/mol. The van der Waals surface area contributed by atoms with Gasteiger partial charge in [-0.2, -0.15) is 13.2 Å². The molecule has 0 saturated carbocycles. The van der Waals surface area contributed by atoms with Gasteiger partial charge in [-0.1, -0.05) is 6.92 Å². The largest absolute Gasteiger partial charge is 0.443 e. The van der Waals surface area contributed by atoms with Crippen molar-refractivity contribution in [3.63, 3.8) is 0 Å². The summed E-state index contributed by atoms with van der Waals surface area (Å²) in [5.74, 6) is 0. The van der Waals surface area contributed by atoms with Gasteiger partial charge in [0.05, 0.1) is 18.2 Å². The zero-order chi connectivity index (χ0) is 15.4. The highest BCUT2D eigenvalue weighted by atomic mass is 32.1. The summed E-state index contributed by atoms with van der Waals surface area (Å²) in [6, 6.07) is -0.261. The van der Waals surface area contributed by atoms with Crippen LogP contribution in [0.1, 0.15) is 50.0 Å². The molecule has 3 nitrogen and oxygen atoms in total. The molecule has 0 aromatic carbocycles. The van der Waals surface area contributed by atoms with E-state index in [2.05, 4.69) is 10.3 Å². The Morgan fingerprint density at radius 3 is 2.45 bits per heavy atom. The second-order valence-electron chi connectivity index (χ2n) is 5.50. The highest BCUT2D eigenvalue weighted by molar-refractivity contribution is 7.11. The summed E-state index contributed by atoms with van der Waals surface area (Å²) in [5, 5.41) is 2.39. The predicted octanol–water partition coefficient (Wildman–Crippen LogP) is 4.02. The van der Waals surface area contributed by atoms with Gasteiger partial charge in [-0.25, -0.2) is 4.98 Å². The van der Waals surface area contributed by atoms with E-state index in [-0.39, 0.29) is 11.6 Å². The molecule has 0 bridgehead atoms. The van der Waals surface area contributed by atoms with Crippen molar-refractivity contribution in [1.82, 2.24) is 10.3 Å². The van der Waals surface area contributed by atoms with Gasteiger partial charge in [0, 0.05) is 11.1 Å². The third kappa shape index (κ3) is 5.76. The lowest BCUT2D eigenvalue weighted by Gasteiger charge is -2.24. The van der Waals surface area contributed by atoms with E-state index in [0.717, 1.165) is 13.0 Å². The molecule has 0 spiro atoms. The molecule has 0 fully saturated rings. The van der Waals surface area contributed by atoms with Gasteiger partial charge in [-0.3, -0.25) is 0 Å². The Morgan fingerprint density at radius 2 is 2.00 bits per heavy atom. The Morgan fingerprint density at radius 1 is 1.35 bits per heavy atom. The minimum atomic E-state index is -4.39. The lowest BCUT2D eigenvalue weighted by atomic mass is 10.2. The van der Waals surface area contributed by atoms with Gasteiger partial charge >= 0.3 is 6.18 Å². The number of ether oxygens (including phenoxy) is 1. The van der Waals surface area contributed by atoms with Crippen molar-refractivity contribution in [1.29, 1.82) is 0 Å². The number of hydrogen-bond acceptors (Lipinski definition) is 4. The van der Waals surface area contributed by atoms with Gasteiger partial charge in [0.25, 0.3) is 0 Å². The maximum absolute atomic E-state index is 12.6. The van der Waals surface area contributed by atoms with Crippen LogP contribution in [0.25, 0.3) is 0 Å². The summed E-state index contributed by atoms with van der Waals surface area (Å²) in [4.78, 5) is 4.01. The molecule has 116 valence electrons. The van der Waals surface area contributed by atoms with Crippen molar-refractivity contribution in [2.24, 2.45) is 0 Å². The molecule has 0 aliphatic rings. The molecule has 7 heteroatoms. The molecule has 1 heterocycles. The van der Waals surface area contributed by atoms with E-state index in [0.29, 0.717) is 22.8 Å². The first-order valence-corrected chi connectivity index (χ1v) is 7.35. The van der Waals surface area contributed by atoms with Gasteiger partial charge in [0.1, 0.15) is 0 Å². The molecule has 0 radical (unpaired) electrons. The van der Waals surface area contributed by atoms with Crippen LogP contribution in [0.4, 0.5) is 13.2 Å². The van der Waals surface area contributed by atoms with E-state index in [1.807, 2.05) is 27.7 Å². The molecular formula is C13H21F3N2OS. The maximum Gasteiger partial charge on any atom is 0.443 e. The van der Waals surface area contributed by atoms with Crippen molar-refractivity contribution in [3.8, 4) is 0 Å². The number of nitrogens with one attached hydrogen (secondary N) is 1. The molecule has 1 aromatic heterocycles. The fraction of sp³-hybridized carbons (Fsp3) is 0.769. The second kappa shape index (κ2) is 6.87. The molecule has 1 rings (SSSR count). The van der Waals surface area contributed by atoms with Crippen LogP contribution in [0.5, 0.6) is 0 Å². The summed E-state index contributed by atoms with van der Waals surface area (Å²) in [5.41, 5.74) is -0.330. The summed E-state index contributed by atoms with van der Waals surface area (Å²) < 4.78 is 43.4. The van der Waals surface area contributed by atoms with E-state index in [4.69, 9.17) is 4.74 Å². The minimum Gasteiger partial charge on any atom is -0.374 e. The first-order valence-electron chi connectivity index (χ1n) is 6.53. The smallest absolute Gasteiger partial charge is 0.374 e. The number of halogens is 3. The first-order chi connectivity index (χ1) is 9.13. The standard InChI is InChI=1S/C13H21F3N2OS/c1-5-6-17-9(8-19-12(2,3)4)10-7-18-11(20-10)13(14,15)16/h7,9,17H,5-6,8H2,1-4H3. The van der Waals surface area contributed by atoms with Crippen LogP contribution in [-0.2, 0) is 10.9 Å². The van der Waals surface area contributed by atoms with Crippen LogP contribution in [0, 0.1) is 0 Å². The van der Waals surface area contributed by atoms with Gasteiger partial charge in [0.15, 0.2) is 5.01 Å². The van der Waals surface area contributed by atoms with Crippen LogP contribution in [0.2, 0.25) is 0 Å². The third-order valence-corrected chi connectivity index (χ3v) is 3.59. The van der Waals surface area contributed by atoms with Crippen LogP contribution in [-0.4, -0.2) is 23.7 Å². The summed E-state index contributed by atoms with van der Waals surface area (Å²) in [7, 11) is 0. The Hall–Kier alpha value is -0.660. The SMILES string of the molecule is CCCNC(COC(C)(C)C)c1cnc(C(F)(F)F)s1. The highest BCUT2D eigenvalue weighted by Crippen LogP contribution is 2.34.